The summed E-state index contributed by atoms with van der Waals surface area (Å²) in [5, 5.41) is 19.0. The van der Waals surface area contributed by atoms with Gasteiger partial charge in [0.2, 0.25) is 0 Å². The van der Waals surface area contributed by atoms with E-state index in [0.29, 0.717) is 12.2 Å². The largest absolute Gasteiger partial charge is 0.389 e. The van der Waals surface area contributed by atoms with Gasteiger partial charge in [-0.3, -0.25) is 0 Å². The van der Waals surface area contributed by atoms with Crippen LogP contribution in [0.25, 0.3) is 0 Å². The molecule has 0 amide bonds. The molecular weight excluding hydrogens is 240 g/mol. The highest BCUT2D eigenvalue weighted by molar-refractivity contribution is 5.59. The fourth-order valence-electron chi connectivity index (χ4n) is 2.45. The second kappa shape index (κ2) is 5.60. The molecule has 0 aromatic heterocycles. The Kier molecular flexibility index (Phi) is 4.08. The third-order valence-corrected chi connectivity index (χ3v) is 3.53. The van der Waals surface area contributed by atoms with Gasteiger partial charge in [0.15, 0.2) is 0 Å². The highest BCUT2D eigenvalue weighted by atomic mass is 16.5. The van der Waals surface area contributed by atoms with Gasteiger partial charge in [0, 0.05) is 23.8 Å². The van der Waals surface area contributed by atoms with Crippen molar-refractivity contribution in [1.82, 2.24) is 0 Å². The average molecular weight is 260 g/mol. The van der Waals surface area contributed by atoms with E-state index in [4.69, 9.17) is 10.00 Å². The number of nitriles is 1. The van der Waals surface area contributed by atoms with Crippen LogP contribution in [0.15, 0.2) is 18.2 Å². The number of hydrogen-bond acceptors (Lipinski definition) is 4. The Balaban J connectivity index is 2.43. The van der Waals surface area contributed by atoms with Crippen LogP contribution in [0.4, 0.5) is 5.69 Å². The molecule has 1 aromatic rings. The number of nitrogens with zero attached hydrogens (tertiary/aromatic N) is 2. The number of morpholine rings is 1. The Morgan fingerprint density at radius 3 is 2.84 bits per heavy atom. The van der Waals surface area contributed by atoms with E-state index in [-0.39, 0.29) is 12.1 Å². The van der Waals surface area contributed by atoms with Crippen LogP contribution in [0.2, 0.25) is 0 Å². The van der Waals surface area contributed by atoms with Crippen LogP contribution in [0.5, 0.6) is 0 Å². The third-order valence-electron chi connectivity index (χ3n) is 3.53. The lowest BCUT2D eigenvalue weighted by atomic mass is 10.0. The number of aliphatic hydroxyl groups is 1. The first-order valence-corrected chi connectivity index (χ1v) is 6.63. The van der Waals surface area contributed by atoms with Crippen LogP contribution in [-0.4, -0.2) is 30.4 Å². The van der Waals surface area contributed by atoms with Crippen molar-refractivity contribution in [2.24, 2.45) is 0 Å². The monoisotopic (exact) mass is 260 g/mol. The van der Waals surface area contributed by atoms with Crippen molar-refractivity contribution in [2.75, 3.05) is 18.1 Å². The maximum atomic E-state index is 9.91. The standard InChI is InChI=1S/C15H20N2O2/c1-10-9-19-11(2)8-17(10)15-6-13(7-16)4-5-14(15)12(3)18/h4-6,10-12,18H,8-9H2,1-3H3/t10?,11?,12-/m0/s1. The van der Waals surface area contributed by atoms with Gasteiger partial charge >= 0.3 is 0 Å². The van der Waals surface area contributed by atoms with Gasteiger partial charge in [0.05, 0.1) is 30.4 Å². The number of anilines is 1. The summed E-state index contributed by atoms with van der Waals surface area (Å²) in [5.41, 5.74) is 2.42. The molecule has 1 aromatic carbocycles. The number of aliphatic hydroxyl groups excluding tert-OH is 1. The Bertz CT molecular complexity index is 493. The molecule has 1 aliphatic heterocycles. The van der Waals surface area contributed by atoms with Crippen LogP contribution in [-0.2, 0) is 4.74 Å². The zero-order valence-electron chi connectivity index (χ0n) is 11.6. The van der Waals surface area contributed by atoms with Gasteiger partial charge in [0.25, 0.3) is 0 Å². The first kappa shape index (κ1) is 13.9. The van der Waals surface area contributed by atoms with Crippen LogP contribution in [0, 0.1) is 11.3 Å². The Morgan fingerprint density at radius 2 is 2.21 bits per heavy atom. The lowest BCUT2D eigenvalue weighted by molar-refractivity contribution is 0.0341. The summed E-state index contributed by atoms with van der Waals surface area (Å²) in [4.78, 5) is 2.22. The summed E-state index contributed by atoms with van der Waals surface area (Å²) in [6.07, 6.45) is -0.392. The van der Waals surface area contributed by atoms with Crippen molar-refractivity contribution in [3.05, 3.63) is 29.3 Å². The second-order valence-electron chi connectivity index (χ2n) is 5.21. The van der Waals surface area contributed by atoms with Gasteiger partial charge in [-0.15, -0.1) is 0 Å². The Labute approximate surface area is 114 Å². The molecule has 4 nitrogen and oxygen atoms in total. The topological polar surface area (TPSA) is 56.5 Å². The number of rotatable bonds is 2. The molecule has 0 spiro atoms. The van der Waals surface area contributed by atoms with E-state index >= 15 is 0 Å². The smallest absolute Gasteiger partial charge is 0.0992 e. The van der Waals surface area contributed by atoms with Crippen LogP contribution in [0.1, 0.15) is 38.0 Å². The van der Waals surface area contributed by atoms with E-state index in [1.54, 1.807) is 13.0 Å². The van der Waals surface area contributed by atoms with Crippen molar-refractivity contribution >= 4 is 5.69 Å². The zero-order valence-corrected chi connectivity index (χ0v) is 11.6. The molecule has 0 bridgehead atoms. The lowest BCUT2D eigenvalue weighted by Crippen LogP contribution is -2.47. The van der Waals surface area contributed by atoms with E-state index in [2.05, 4.69) is 17.9 Å². The molecule has 1 heterocycles. The summed E-state index contributed by atoms with van der Waals surface area (Å²) in [7, 11) is 0. The van der Waals surface area contributed by atoms with E-state index < -0.39 is 6.10 Å². The molecule has 102 valence electrons. The molecule has 19 heavy (non-hydrogen) atoms. The van der Waals surface area contributed by atoms with Crippen LogP contribution in [0.3, 0.4) is 0 Å². The second-order valence-corrected chi connectivity index (χ2v) is 5.21. The number of benzene rings is 1. The highest BCUT2D eigenvalue weighted by Gasteiger charge is 2.26. The molecule has 1 aliphatic rings. The fraction of sp³-hybridized carbons (Fsp3) is 0.533. The van der Waals surface area contributed by atoms with E-state index in [1.165, 1.54) is 0 Å². The predicted octanol–water partition coefficient (Wildman–Crippen LogP) is 2.23. The molecule has 4 heteroatoms. The Hall–Kier alpha value is -1.57. The minimum Gasteiger partial charge on any atom is -0.389 e. The first-order chi connectivity index (χ1) is 9.02. The zero-order chi connectivity index (χ0) is 14.0. The van der Waals surface area contributed by atoms with Gasteiger partial charge < -0.3 is 14.7 Å². The molecule has 0 saturated carbocycles. The number of ether oxygens (including phenoxy) is 1. The van der Waals surface area contributed by atoms with Crippen LogP contribution < -0.4 is 4.90 Å². The third kappa shape index (κ3) is 2.89. The molecule has 2 unspecified atom stereocenters. The molecule has 3 atom stereocenters. The molecule has 1 N–H and O–H groups in total. The molecule has 0 radical (unpaired) electrons. The fourth-order valence-corrected chi connectivity index (χ4v) is 2.45. The summed E-state index contributed by atoms with van der Waals surface area (Å²) in [5.74, 6) is 0. The molecular formula is C15H20N2O2. The van der Waals surface area contributed by atoms with Crippen molar-refractivity contribution in [1.29, 1.82) is 5.26 Å². The van der Waals surface area contributed by atoms with E-state index in [9.17, 15) is 5.11 Å². The van der Waals surface area contributed by atoms with Crippen LogP contribution >= 0.6 is 0 Å². The Morgan fingerprint density at radius 1 is 1.47 bits per heavy atom. The van der Waals surface area contributed by atoms with E-state index in [1.807, 2.05) is 19.1 Å². The predicted molar refractivity (Wildman–Crippen MR) is 74.0 cm³/mol. The van der Waals surface area contributed by atoms with Crippen molar-refractivity contribution in [2.45, 2.75) is 39.0 Å². The van der Waals surface area contributed by atoms with Gasteiger partial charge in [-0.05, 0) is 32.9 Å². The quantitative estimate of drug-likeness (QED) is 0.886. The summed E-state index contributed by atoms with van der Waals surface area (Å²) in [6, 6.07) is 7.84. The van der Waals surface area contributed by atoms with Gasteiger partial charge in [-0.25, -0.2) is 0 Å². The minimum atomic E-state index is -0.548. The van der Waals surface area contributed by atoms with Crippen molar-refractivity contribution in [3.8, 4) is 6.07 Å². The summed E-state index contributed by atoms with van der Waals surface area (Å²) < 4.78 is 5.63. The highest BCUT2D eigenvalue weighted by Crippen LogP contribution is 2.30. The van der Waals surface area contributed by atoms with Gasteiger partial charge in [-0.1, -0.05) is 6.07 Å². The SMILES string of the molecule is CC1CN(c2cc(C#N)ccc2[C@H](C)O)C(C)CO1. The number of hydrogen-bond donors (Lipinski definition) is 1. The molecule has 1 saturated heterocycles. The minimum absolute atomic E-state index is 0.156. The molecule has 2 rings (SSSR count). The summed E-state index contributed by atoms with van der Waals surface area (Å²) >= 11 is 0. The maximum Gasteiger partial charge on any atom is 0.0992 e. The van der Waals surface area contributed by atoms with Crippen molar-refractivity contribution in [3.63, 3.8) is 0 Å². The normalized spacial score (nSPS) is 24.9. The molecule has 0 aliphatic carbocycles. The van der Waals surface area contributed by atoms with Gasteiger partial charge in [0.1, 0.15) is 0 Å². The maximum absolute atomic E-state index is 9.91. The van der Waals surface area contributed by atoms with Crippen molar-refractivity contribution < 1.29 is 9.84 Å². The van der Waals surface area contributed by atoms with E-state index in [0.717, 1.165) is 17.8 Å². The summed E-state index contributed by atoms with van der Waals surface area (Å²) in [6.45, 7) is 7.32. The lowest BCUT2D eigenvalue weighted by Gasteiger charge is -2.39. The average Bonchev–Trinajstić information content (AvgIpc) is 2.40. The molecule has 1 fully saturated rings. The first-order valence-electron chi connectivity index (χ1n) is 6.63. The van der Waals surface area contributed by atoms with Gasteiger partial charge in [-0.2, -0.15) is 5.26 Å².